The molecule has 5 nitrogen and oxygen atoms in total. The van der Waals surface area contributed by atoms with E-state index in [1.165, 1.54) is 5.56 Å². The Morgan fingerprint density at radius 1 is 1.07 bits per heavy atom. The maximum absolute atomic E-state index is 12.5. The largest absolute Gasteiger partial charge is 0.492 e. The number of hydrogen-bond acceptors (Lipinski definition) is 4. The fourth-order valence-electron chi connectivity index (χ4n) is 2.70. The minimum Gasteiger partial charge on any atom is -0.492 e. The van der Waals surface area contributed by atoms with E-state index < -0.39 is 0 Å². The summed E-state index contributed by atoms with van der Waals surface area (Å²) in [6.45, 7) is 0.528. The van der Waals surface area contributed by atoms with Crippen molar-refractivity contribution in [3.05, 3.63) is 94.0 Å². The highest BCUT2D eigenvalue weighted by Crippen LogP contribution is 2.26. The molecule has 0 aliphatic carbocycles. The van der Waals surface area contributed by atoms with Gasteiger partial charge in [0.2, 0.25) is 0 Å². The first-order chi connectivity index (χ1) is 14.6. The molecule has 7 heteroatoms. The molecular formula is C23H18BrN3O2S. The SMILES string of the molecule is N#Cc1ccccc1NC(=S)NC(=O)c1ccc(OCCc2ccccc2)c(Br)c1. The van der Waals surface area contributed by atoms with Crippen LogP contribution >= 0.6 is 28.1 Å². The second-order valence-corrected chi connectivity index (χ2v) is 7.56. The molecule has 1 amide bonds. The fraction of sp³-hybridized carbons (Fsp3) is 0.0870. The van der Waals surface area contributed by atoms with Crippen LogP contribution in [0.15, 0.2) is 77.3 Å². The third kappa shape index (κ3) is 5.89. The van der Waals surface area contributed by atoms with Crippen LogP contribution in [0, 0.1) is 11.3 Å². The highest BCUT2D eigenvalue weighted by molar-refractivity contribution is 9.10. The molecular weight excluding hydrogens is 462 g/mol. The van der Waals surface area contributed by atoms with E-state index in [4.69, 9.17) is 22.2 Å². The first-order valence-electron chi connectivity index (χ1n) is 9.14. The molecule has 2 N–H and O–H groups in total. The van der Waals surface area contributed by atoms with E-state index in [1.54, 1.807) is 42.5 Å². The molecule has 3 aromatic carbocycles. The summed E-state index contributed by atoms with van der Waals surface area (Å²) in [7, 11) is 0. The molecule has 3 rings (SSSR count). The van der Waals surface area contributed by atoms with Gasteiger partial charge in [-0.05, 0) is 64.0 Å². The number of anilines is 1. The maximum atomic E-state index is 12.5. The minimum absolute atomic E-state index is 0.113. The van der Waals surface area contributed by atoms with Gasteiger partial charge in [0.1, 0.15) is 11.8 Å². The smallest absolute Gasteiger partial charge is 0.257 e. The van der Waals surface area contributed by atoms with Gasteiger partial charge in [0.05, 0.1) is 22.3 Å². The van der Waals surface area contributed by atoms with E-state index in [2.05, 4.69) is 44.8 Å². The predicted molar refractivity (Wildman–Crippen MR) is 125 cm³/mol. The predicted octanol–water partition coefficient (Wildman–Crippen LogP) is 5.07. The molecule has 0 spiro atoms. The Balaban J connectivity index is 1.56. The summed E-state index contributed by atoms with van der Waals surface area (Å²) in [5, 5.41) is 14.7. The maximum Gasteiger partial charge on any atom is 0.257 e. The zero-order valence-corrected chi connectivity index (χ0v) is 18.3. The summed E-state index contributed by atoms with van der Waals surface area (Å²) >= 11 is 8.64. The van der Waals surface area contributed by atoms with Gasteiger partial charge in [-0.1, -0.05) is 42.5 Å². The number of carbonyl (C=O) groups excluding carboxylic acids is 1. The number of rotatable bonds is 6. The first kappa shape index (κ1) is 21.5. The van der Waals surface area contributed by atoms with Crippen molar-refractivity contribution in [1.29, 1.82) is 5.26 Å². The Hall–Kier alpha value is -3.21. The lowest BCUT2D eigenvalue weighted by Crippen LogP contribution is -2.34. The fourth-order valence-corrected chi connectivity index (χ4v) is 3.40. The Bertz CT molecular complexity index is 1100. The van der Waals surface area contributed by atoms with Crippen LogP contribution in [0.3, 0.4) is 0 Å². The van der Waals surface area contributed by atoms with Crippen LogP contribution in [0.25, 0.3) is 0 Å². The van der Waals surface area contributed by atoms with Crippen LogP contribution in [-0.2, 0) is 6.42 Å². The molecule has 0 saturated carbocycles. The van der Waals surface area contributed by atoms with Gasteiger partial charge in [0.25, 0.3) is 5.91 Å². The minimum atomic E-state index is -0.363. The molecule has 0 aliphatic heterocycles. The number of amides is 1. The van der Waals surface area contributed by atoms with Crippen LogP contribution < -0.4 is 15.4 Å². The molecule has 0 saturated heterocycles. The van der Waals surface area contributed by atoms with E-state index in [-0.39, 0.29) is 11.0 Å². The van der Waals surface area contributed by atoms with Crippen LogP contribution in [0.2, 0.25) is 0 Å². The standard InChI is InChI=1S/C23H18BrN3O2S/c24-19-14-17(10-11-21(19)29-13-12-16-6-2-1-3-7-16)22(28)27-23(30)26-20-9-5-4-8-18(20)15-25/h1-11,14H,12-13H2,(H2,26,27,28,30). The Labute approximate surface area is 188 Å². The molecule has 30 heavy (non-hydrogen) atoms. The lowest BCUT2D eigenvalue weighted by atomic mass is 10.2. The van der Waals surface area contributed by atoms with Gasteiger partial charge < -0.3 is 10.1 Å². The molecule has 0 aromatic heterocycles. The third-order valence-corrected chi connectivity index (χ3v) is 5.03. The van der Waals surface area contributed by atoms with E-state index in [0.29, 0.717) is 33.6 Å². The van der Waals surface area contributed by atoms with Crippen molar-refractivity contribution in [2.75, 3.05) is 11.9 Å². The zero-order valence-electron chi connectivity index (χ0n) is 15.9. The number of benzene rings is 3. The highest BCUT2D eigenvalue weighted by atomic mass is 79.9. The Morgan fingerprint density at radius 2 is 1.80 bits per heavy atom. The van der Waals surface area contributed by atoms with E-state index >= 15 is 0 Å². The highest BCUT2D eigenvalue weighted by Gasteiger charge is 2.12. The van der Waals surface area contributed by atoms with Crippen LogP contribution in [0.1, 0.15) is 21.5 Å². The summed E-state index contributed by atoms with van der Waals surface area (Å²) < 4.78 is 6.49. The van der Waals surface area contributed by atoms with Crippen molar-refractivity contribution in [2.45, 2.75) is 6.42 Å². The molecule has 0 bridgehead atoms. The normalized spacial score (nSPS) is 10.0. The van der Waals surface area contributed by atoms with Crippen molar-refractivity contribution in [3.63, 3.8) is 0 Å². The molecule has 0 fully saturated rings. The molecule has 0 aliphatic rings. The number of hydrogen-bond donors (Lipinski definition) is 2. The zero-order chi connectivity index (χ0) is 21.3. The van der Waals surface area contributed by atoms with Crippen molar-refractivity contribution in [1.82, 2.24) is 5.32 Å². The molecule has 0 heterocycles. The lowest BCUT2D eigenvalue weighted by molar-refractivity contribution is 0.0977. The van der Waals surface area contributed by atoms with Gasteiger partial charge in [-0.3, -0.25) is 10.1 Å². The van der Waals surface area contributed by atoms with Gasteiger partial charge in [-0.15, -0.1) is 0 Å². The molecule has 3 aromatic rings. The molecule has 150 valence electrons. The summed E-state index contributed by atoms with van der Waals surface area (Å²) in [6.07, 6.45) is 0.791. The molecule has 0 unspecified atom stereocenters. The number of carbonyl (C=O) groups is 1. The van der Waals surface area contributed by atoms with Crippen molar-refractivity contribution >= 4 is 44.9 Å². The molecule has 0 atom stereocenters. The van der Waals surface area contributed by atoms with Crippen LogP contribution in [0.4, 0.5) is 5.69 Å². The summed E-state index contributed by atoms with van der Waals surface area (Å²) in [5.74, 6) is 0.296. The molecule has 0 radical (unpaired) electrons. The summed E-state index contributed by atoms with van der Waals surface area (Å²) in [5.41, 5.74) is 2.60. The van der Waals surface area contributed by atoms with Gasteiger partial charge in [0, 0.05) is 12.0 Å². The lowest BCUT2D eigenvalue weighted by Gasteiger charge is -2.12. The van der Waals surface area contributed by atoms with Gasteiger partial charge in [-0.25, -0.2) is 0 Å². The van der Waals surface area contributed by atoms with Gasteiger partial charge in [-0.2, -0.15) is 5.26 Å². The van der Waals surface area contributed by atoms with Crippen LogP contribution in [-0.4, -0.2) is 17.6 Å². The Kier molecular flexibility index (Phi) is 7.55. The first-order valence-corrected chi connectivity index (χ1v) is 10.3. The van der Waals surface area contributed by atoms with Gasteiger partial charge in [0.15, 0.2) is 5.11 Å². The number of thiocarbonyl (C=S) groups is 1. The van der Waals surface area contributed by atoms with E-state index in [1.807, 2.05) is 18.2 Å². The quantitative estimate of drug-likeness (QED) is 0.482. The number of ether oxygens (including phenoxy) is 1. The second-order valence-electron chi connectivity index (χ2n) is 6.29. The topological polar surface area (TPSA) is 74.2 Å². The number of nitrogens with zero attached hydrogens (tertiary/aromatic N) is 1. The second kappa shape index (κ2) is 10.5. The van der Waals surface area contributed by atoms with Crippen molar-refractivity contribution in [2.24, 2.45) is 0 Å². The number of halogens is 1. The van der Waals surface area contributed by atoms with Crippen molar-refractivity contribution in [3.8, 4) is 11.8 Å². The van der Waals surface area contributed by atoms with Crippen molar-refractivity contribution < 1.29 is 9.53 Å². The third-order valence-electron chi connectivity index (χ3n) is 4.21. The van der Waals surface area contributed by atoms with Gasteiger partial charge >= 0.3 is 0 Å². The number of para-hydroxylation sites is 1. The summed E-state index contributed by atoms with van der Waals surface area (Å²) in [4.78, 5) is 12.5. The monoisotopic (exact) mass is 479 g/mol. The van der Waals surface area contributed by atoms with Crippen LogP contribution in [0.5, 0.6) is 5.75 Å². The van der Waals surface area contributed by atoms with E-state index in [9.17, 15) is 4.79 Å². The van der Waals surface area contributed by atoms with E-state index in [0.717, 1.165) is 6.42 Å². The average Bonchev–Trinajstić information content (AvgIpc) is 2.76. The average molecular weight is 480 g/mol. The number of nitriles is 1. The summed E-state index contributed by atoms with van der Waals surface area (Å²) in [6, 6.07) is 24.2. The Morgan fingerprint density at radius 3 is 2.53 bits per heavy atom. The number of nitrogens with one attached hydrogen (secondary N) is 2.